The molecular weight excluding hydrogens is 461 g/mol. The molecular formula is C26H30FN7O2. The number of benzene rings is 1. The molecule has 0 atom stereocenters. The Kier molecular flexibility index (Phi) is 6.78. The van der Waals surface area contributed by atoms with Gasteiger partial charge in [-0.3, -0.25) is 9.48 Å². The molecule has 3 heterocycles. The van der Waals surface area contributed by atoms with E-state index in [0.29, 0.717) is 17.2 Å². The Morgan fingerprint density at radius 2 is 1.97 bits per heavy atom. The van der Waals surface area contributed by atoms with Crippen molar-refractivity contribution in [3.63, 3.8) is 0 Å². The number of hydrogen-bond donors (Lipinski definition) is 2. The minimum atomic E-state index is -0.695. The Balaban J connectivity index is 1.53. The summed E-state index contributed by atoms with van der Waals surface area (Å²) < 4.78 is 22.8. The quantitative estimate of drug-likeness (QED) is 0.480. The van der Waals surface area contributed by atoms with Crippen LogP contribution in [0.15, 0.2) is 36.8 Å². The number of amides is 1. The maximum atomic E-state index is 14.7. The van der Waals surface area contributed by atoms with Gasteiger partial charge >= 0.3 is 0 Å². The van der Waals surface area contributed by atoms with Crippen LogP contribution in [0, 0.1) is 24.1 Å². The molecule has 0 unspecified atom stereocenters. The molecule has 0 radical (unpaired) electrons. The number of nitriles is 1. The first-order valence-electron chi connectivity index (χ1n) is 11.8. The first kappa shape index (κ1) is 25.3. The average Bonchev–Trinajstić information content (AvgIpc) is 3.25. The first-order chi connectivity index (χ1) is 17.0. The lowest BCUT2D eigenvalue weighted by Crippen LogP contribution is -2.45. The van der Waals surface area contributed by atoms with Gasteiger partial charge in [-0.15, -0.1) is 0 Å². The third-order valence-electron chi connectivity index (χ3n) is 6.03. The van der Waals surface area contributed by atoms with Crippen LogP contribution in [0.25, 0.3) is 11.3 Å². The molecule has 4 rings (SSSR count). The summed E-state index contributed by atoms with van der Waals surface area (Å²) in [4.78, 5) is 21.0. The molecule has 36 heavy (non-hydrogen) atoms. The standard InChI is InChI=1S/C26H30FN7O2/c1-16-13-30-24(33-22(16)17-6-7-20(21(27)10-17)23(35)29-9-8-28)32-18-14-31-34(15-18)19-11-25(2,3)36-26(4,5)12-19/h6-7,10,13-15,19H,9,11-12H2,1-5H3,(H,29,35)(H,30,32,33). The lowest BCUT2D eigenvalue weighted by molar-refractivity contribution is -0.170. The SMILES string of the molecule is Cc1cnc(Nc2cnn(C3CC(C)(C)OC(C)(C)C3)c2)nc1-c1ccc(C(=O)NCC#N)c(F)c1. The van der Waals surface area contributed by atoms with Crippen LogP contribution in [0.5, 0.6) is 0 Å². The van der Waals surface area contributed by atoms with E-state index in [1.165, 1.54) is 12.1 Å². The third kappa shape index (κ3) is 5.69. The highest BCUT2D eigenvalue weighted by molar-refractivity contribution is 5.95. The molecule has 1 saturated heterocycles. The molecule has 1 amide bonds. The van der Waals surface area contributed by atoms with Gasteiger partial charge in [-0.1, -0.05) is 6.07 Å². The molecule has 2 aromatic heterocycles. The van der Waals surface area contributed by atoms with E-state index in [-0.39, 0.29) is 29.4 Å². The topological polar surface area (TPSA) is 118 Å². The molecule has 0 saturated carbocycles. The number of halogens is 1. The van der Waals surface area contributed by atoms with Gasteiger partial charge in [0.2, 0.25) is 5.95 Å². The molecule has 0 spiro atoms. The normalized spacial score (nSPS) is 16.8. The summed E-state index contributed by atoms with van der Waals surface area (Å²) in [6.07, 6.45) is 7.01. The minimum absolute atomic E-state index is 0.133. The summed E-state index contributed by atoms with van der Waals surface area (Å²) >= 11 is 0. The van der Waals surface area contributed by atoms with Gasteiger partial charge in [0.05, 0.1) is 46.5 Å². The maximum Gasteiger partial charge on any atom is 0.255 e. The molecule has 1 aromatic carbocycles. The van der Waals surface area contributed by atoms with Crippen LogP contribution in [0.1, 0.15) is 62.5 Å². The number of nitrogens with one attached hydrogen (secondary N) is 2. The average molecular weight is 492 g/mol. The van der Waals surface area contributed by atoms with Gasteiger partial charge in [-0.2, -0.15) is 10.4 Å². The molecule has 1 aliphatic rings. The van der Waals surface area contributed by atoms with Gasteiger partial charge in [0.25, 0.3) is 5.91 Å². The number of ether oxygens (including phenoxy) is 1. The number of nitrogens with zero attached hydrogens (tertiary/aromatic N) is 5. The summed E-state index contributed by atoms with van der Waals surface area (Å²) in [6.45, 7) is 10.0. The van der Waals surface area contributed by atoms with E-state index < -0.39 is 11.7 Å². The van der Waals surface area contributed by atoms with Crippen LogP contribution in [-0.2, 0) is 4.74 Å². The fraction of sp³-hybridized carbons (Fsp3) is 0.423. The van der Waals surface area contributed by atoms with E-state index in [4.69, 9.17) is 10.00 Å². The number of carbonyl (C=O) groups excluding carboxylic acids is 1. The Morgan fingerprint density at radius 3 is 2.64 bits per heavy atom. The highest BCUT2D eigenvalue weighted by Gasteiger charge is 2.40. The third-order valence-corrected chi connectivity index (χ3v) is 6.03. The first-order valence-corrected chi connectivity index (χ1v) is 11.8. The van der Waals surface area contributed by atoms with Gasteiger partial charge in [0, 0.05) is 18.0 Å². The molecule has 188 valence electrons. The van der Waals surface area contributed by atoms with E-state index in [9.17, 15) is 9.18 Å². The molecule has 0 aliphatic carbocycles. The van der Waals surface area contributed by atoms with E-state index in [2.05, 4.69) is 53.4 Å². The van der Waals surface area contributed by atoms with Crippen LogP contribution in [0.3, 0.4) is 0 Å². The van der Waals surface area contributed by atoms with Crippen LogP contribution in [-0.4, -0.2) is 43.4 Å². The fourth-order valence-electron chi connectivity index (χ4n) is 4.81. The van der Waals surface area contributed by atoms with Gasteiger partial charge in [-0.25, -0.2) is 14.4 Å². The summed E-state index contributed by atoms with van der Waals surface area (Å²) in [5.74, 6) is -0.992. The minimum Gasteiger partial charge on any atom is -0.370 e. The lowest BCUT2D eigenvalue weighted by Gasteiger charge is -2.45. The van der Waals surface area contributed by atoms with Crippen LogP contribution >= 0.6 is 0 Å². The van der Waals surface area contributed by atoms with Crippen molar-refractivity contribution in [2.24, 2.45) is 0 Å². The molecule has 1 aliphatic heterocycles. The van der Waals surface area contributed by atoms with Crippen molar-refractivity contribution in [1.29, 1.82) is 5.26 Å². The number of aryl methyl sites for hydroxylation is 1. The largest absolute Gasteiger partial charge is 0.370 e. The number of hydrogen-bond acceptors (Lipinski definition) is 7. The van der Waals surface area contributed by atoms with Crippen molar-refractivity contribution in [2.45, 2.75) is 64.7 Å². The molecule has 10 heteroatoms. The Labute approximate surface area is 209 Å². The predicted molar refractivity (Wildman–Crippen MR) is 133 cm³/mol. The Morgan fingerprint density at radius 1 is 1.25 bits per heavy atom. The van der Waals surface area contributed by atoms with Crippen LogP contribution in [0.2, 0.25) is 0 Å². The van der Waals surface area contributed by atoms with Gasteiger partial charge in [0.15, 0.2) is 0 Å². The molecule has 9 nitrogen and oxygen atoms in total. The van der Waals surface area contributed by atoms with E-state index in [1.54, 1.807) is 24.5 Å². The second-order valence-corrected chi connectivity index (χ2v) is 10.3. The van der Waals surface area contributed by atoms with E-state index in [0.717, 1.165) is 24.1 Å². The van der Waals surface area contributed by atoms with Crippen LogP contribution in [0.4, 0.5) is 16.0 Å². The zero-order valence-corrected chi connectivity index (χ0v) is 21.1. The van der Waals surface area contributed by atoms with Gasteiger partial charge in [0.1, 0.15) is 12.4 Å². The van der Waals surface area contributed by atoms with Crippen molar-refractivity contribution < 1.29 is 13.9 Å². The summed E-state index contributed by atoms with van der Waals surface area (Å²) in [7, 11) is 0. The van der Waals surface area contributed by atoms with Crippen molar-refractivity contribution in [3.8, 4) is 17.3 Å². The number of aromatic nitrogens is 4. The smallest absolute Gasteiger partial charge is 0.255 e. The van der Waals surface area contributed by atoms with Crippen LogP contribution < -0.4 is 10.6 Å². The van der Waals surface area contributed by atoms with Crippen molar-refractivity contribution in [1.82, 2.24) is 25.1 Å². The Bertz CT molecular complexity index is 1310. The zero-order chi connectivity index (χ0) is 26.1. The van der Waals surface area contributed by atoms with Gasteiger partial charge < -0.3 is 15.4 Å². The monoisotopic (exact) mass is 491 g/mol. The predicted octanol–water partition coefficient (Wildman–Crippen LogP) is 4.69. The van der Waals surface area contributed by atoms with Crippen molar-refractivity contribution in [3.05, 3.63) is 53.7 Å². The Hall–Kier alpha value is -3.84. The second kappa shape index (κ2) is 9.66. The molecule has 2 N–H and O–H groups in total. The lowest BCUT2D eigenvalue weighted by atomic mass is 9.85. The van der Waals surface area contributed by atoms with E-state index >= 15 is 0 Å². The number of rotatable bonds is 6. The number of anilines is 2. The highest BCUT2D eigenvalue weighted by Crippen LogP contribution is 2.40. The molecule has 1 fully saturated rings. The van der Waals surface area contributed by atoms with Gasteiger partial charge in [-0.05, 0) is 65.2 Å². The summed E-state index contributed by atoms with van der Waals surface area (Å²) in [5, 5.41) is 18.7. The van der Waals surface area contributed by atoms with E-state index in [1.807, 2.05) is 17.8 Å². The molecule has 3 aromatic rings. The summed E-state index contributed by atoms with van der Waals surface area (Å²) in [5.41, 5.74) is 1.91. The zero-order valence-electron chi connectivity index (χ0n) is 21.1. The summed E-state index contributed by atoms with van der Waals surface area (Å²) in [6, 6.07) is 6.25. The fourth-order valence-corrected chi connectivity index (χ4v) is 4.81. The maximum absolute atomic E-state index is 14.7. The second-order valence-electron chi connectivity index (χ2n) is 10.3. The number of carbonyl (C=O) groups is 1. The van der Waals surface area contributed by atoms with Crippen molar-refractivity contribution >= 4 is 17.5 Å². The highest BCUT2D eigenvalue weighted by atomic mass is 19.1. The van der Waals surface area contributed by atoms with Crippen molar-refractivity contribution in [2.75, 3.05) is 11.9 Å². The molecule has 0 bridgehead atoms.